The third-order valence-electron chi connectivity index (χ3n) is 6.44. The van der Waals surface area contributed by atoms with E-state index < -0.39 is 0 Å². The summed E-state index contributed by atoms with van der Waals surface area (Å²) in [5, 5.41) is 0. The highest BCUT2D eigenvalue weighted by Crippen LogP contribution is 2.41. The van der Waals surface area contributed by atoms with Crippen molar-refractivity contribution in [1.29, 1.82) is 0 Å². The number of esters is 1. The van der Waals surface area contributed by atoms with E-state index in [0.29, 0.717) is 25.6 Å². The molecule has 0 amide bonds. The molecule has 2 aliphatic rings. The zero-order valence-electron chi connectivity index (χ0n) is 19.2. The molecule has 1 aliphatic carbocycles. The molecule has 2 fully saturated rings. The second-order valence-corrected chi connectivity index (χ2v) is 9.19. The molecule has 1 saturated carbocycles. The van der Waals surface area contributed by atoms with Crippen LogP contribution in [0.1, 0.15) is 72.1 Å². The highest BCUT2D eigenvalue weighted by Gasteiger charge is 2.44. The minimum atomic E-state index is -0.306. The summed E-state index contributed by atoms with van der Waals surface area (Å²) in [6.07, 6.45) is 15.5. The SMILES string of the molecule is CCCCC(C)(C)C(=O)/C=C\C1CC2OCCOC2C1C/C=C/CCCC(=O)OC. The van der Waals surface area contributed by atoms with Crippen LogP contribution >= 0.6 is 0 Å². The molecule has 0 aromatic carbocycles. The maximum absolute atomic E-state index is 12.8. The lowest BCUT2D eigenvalue weighted by atomic mass is 9.82. The Bertz CT molecular complexity index is 607. The number of hydrogen-bond acceptors (Lipinski definition) is 5. The van der Waals surface area contributed by atoms with Gasteiger partial charge in [-0.1, -0.05) is 51.8 Å². The molecule has 1 saturated heterocycles. The molecule has 4 unspecified atom stereocenters. The summed E-state index contributed by atoms with van der Waals surface area (Å²) in [6.45, 7) is 7.54. The lowest BCUT2D eigenvalue weighted by molar-refractivity contribution is -0.140. The Morgan fingerprint density at radius 3 is 2.63 bits per heavy atom. The van der Waals surface area contributed by atoms with Crippen molar-refractivity contribution in [2.24, 2.45) is 17.3 Å². The summed E-state index contributed by atoms with van der Waals surface area (Å²) >= 11 is 0. The second-order valence-electron chi connectivity index (χ2n) is 9.19. The van der Waals surface area contributed by atoms with Gasteiger partial charge in [-0.05, 0) is 50.0 Å². The van der Waals surface area contributed by atoms with E-state index in [2.05, 4.69) is 29.9 Å². The van der Waals surface area contributed by atoms with Crippen LogP contribution in [0.3, 0.4) is 0 Å². The Labute approximate surface area is 182 Å². The molecule has 1 aliphatic heterocycles. The van der Waals surface area contributed by atoms with Crippen LogP contribution in [0.15, 0.2) is 24.3 Å². The summed E-state index contributed by atoms with van der Waals surface area (Å²) in [7, 11) is 1.42. The first-order valence-electron chi connectivity index (χ1n) is 11.6. The standard InChI is InChI=1S/C25H40O5/c1-5-6-15-25(2,3)22(26)14-13-19-18-21-24(30-17-16-29-21)20(19)11-9-7-8-10-12-23(27)28-4/h7,9,13-14,19-21,24H,5-6,8,10-12,15-18H2,1-4H3/b9-7+,14-13-. The number of hydrogen-bond donors (Lipinski definition) is 0. The molecule has 1 heterocycles. The number of carbonyl (C=O) groups excluding carboxylic acids is 2. The smallest absolute Gasteiger partial charge is 0.305 e. The Hall–Kier alpha value is -1.46. The van der Waals surface area contributed by atoms with Crippen molar-refractivity contribution in [2.45, 2.75) is 84.3 Å². The normalized spacial score (nSPS) is 26.9. The molecular weight excluding hydrogens is 380 g/mol. The number of ether oxygens (including phenoxy) is 3. The number of ketones is 1. The van der Waals surface area contributed by atoms with E-state index in [4.69, 9.17) is 9.47 Å². The summed E-state index contributed by atoms with van der Waals surface area (Å²) in [5.41, 5.74) is -0.306. The van der Waals surface area contributed by atoms with Crippen molar-refractivity contribution in [1.82, 2.24) is 0 Å². The largest absolute Gasteiger partial charge is 0.469 e. The number of fused-ring (bicyclic) bond motifs is 1. The topological polar surface area (TPSA) is 61.8 Å². The van der Waals surface area contributed by atoms with Crippen LogP contribution in [0.4, 0.5) is 0 Å². The number of unbranched alkanes of at least 4 members (excludes halogenated alkanes) is 2. The zero-order chi connectivity index (χ0) is 22.0. The molecule has 0 N–H and O–H groups in total. The number of rotatable bonds is 12. The number of methoxy groups -OCH3 is 1. The molecule has 0 spiro atoms. The molecular formula is C25H40O5. The molecule has 4 atom stereocenters. The van der Waals surface area contributed by atoms with Gasteiger partial charge in [-0.3, -0.25) is 9.59 Å². The summed E-state index contributed by atoms with van der Waals surface area (Å²) in [4.78, 5) is 24.0. The van der Waals surface area contributed by atoms with Gasteiger partial charge < -0.3 is 14.2 Å². The Morgan fingerprint density at radius 2 is 1.90 bits per heavy atom. The maximum atomic E-state index is 12.8. The lowest BCUT2D eigenvalue weighted by Crippen LogP contribution is -2.37. The highest BCUT2D eigenvalue weighted by atomic mass is 16.6. The summed E-state index contributed by atoms with van der Waals surface area (Å²) < 4.78 is 16.7. The van der Waals surface area contributed by atoms with Crippen molar-refractivity contribution in [2.75, 3.05) is 20.3 Å². The van der Waals surface area contributed by atoms with Gasteiger partial charge in [-0.15, -0.1) is 0 Å². The molecule has 30 heavy (non-hydrogen) atoms. The summed E-state index contributed by atoms with van der Waals surface area (Å²) in [6, 6.07) is 0. The highest BCUT2D eigenvalue weighted by molar-refractivity contribution is 5.94. The van der Waals surface area contributed by atoms with Gasteiger partial charge in [0.2, 0.25) is 0 Å². The van der Waals surface area contributed by atoms with Gasteiger partial charge in [0.15, 0.2) is 5.78 Å². The molecule has 0 bridgehead atoms. The molecule has 0 radical (unpaired) electrons. The molecule has 5 heteroatoms. The van der Waals surface area contributed by atoms with Gasteiger partial charge in [0.1, 0.15) is 0 Å². The Balaban J connectivity index is 1.94. The average molecular weight is 421 g/mol. The molecule has 170 valence electrons. The van der Waals surface area contributed by atoms with Crippen LogP contribution in [-0.4, -0.2) is 44.3 Å². The van der Waals surface area contributed by atoms with Crippen molar-refractivity contribution >= 4 is 11.8 Å². The Kier molecular flexibility index (Phi) is 10.3. The monoisotopic (exact) mass is 420 g/mol. The fourth-order valence-corrected chi connectivity index (χ4v) is 4.42. The Morgan fingerprint density at radius 1 is 1.13 bits per heavy atom. The maximum Gasteiger partial charge on any atom is 0.305 e. The van der Waals surface area contributed by atoms with Gasteiger partial charge in [0.05, 0.1) is 32.5 Å². The fourth-order valence-electron chi connectivity index (χ4n) is 4.42. The van der Waals surface area contributed by atoms with E-state index in [-0.39, 0.29) is 35.3 Å². The first-order valence-corrected chi connectivity index (χ1v) is 11.6. The van der Waals surface area contributed by atoms with E-state index in [9.17, 15) is 9.59 Å². The van der Waals surface area contributed by atoms with Gasteiger partial charge in [0, 0.05) is 11.8 Å². The van der Waals surface area contributed by atoms with E-state index in [0.717, 1.165) is 44.9 Å². The van der Waals surface area contributed by atoms with Crippen molar-refractivity contribution in [3.63, 3.8) is 0 Å². The summed E-state index contributed by atoms with van der Waals surface area (Å²) in [5.74, 6) is 0.648. The average Bonchev–Trinajstić information content (AvgIpc) is 3.10. The first-order chi connectivity index (χ1) is 14.4. The van der Waals surface area contributed by atoms with Gasteiger partial charge >= 0.3 is 5.97 Å². The predicted molar refractivity (Wildman–Crippen MR) is 118 cm³/mol. The van der Waals surface area contributed by atoms with Crippen molar-refractivity contribution in [3.8, 4) is 0 Å². The van der Waals surface area contributed by atoms with E-state index >= 15 is 0 Å². The van der Waals surface area contributed by atoms with Crippen molar-refractivity contribution < 1.29 is 23.8 Å². The van der Waals surface area contributed by atoms with E-state index in [1.807, 2.05) is 19.9 Å². The quantitative estimate of drug-likeness (QED) is 0.192. The number of allylic oxidation sites excluding steroid dienone is 4. The van der Waals surface area contributed by atoms with Crippen LogP contribution < -0.4 is 0 Å². The van der Waals surface area contributed by atoms with E-state index in [1.165, 1.54) is 7.11 Å². The third kappa shape index (κ3) is 7.35. The first kappa shape index (κ1) is 24.8. The van der Waals surface area contributed by atoms with E-state index in [1.54, 1.807) is 0 Å². The molecule has 0 aromatic heterocycles. The van der Waals surface area contributed by atoms with Crippen molar-refractivity contribution in [3.05, 3.63) is 24.3 Å². The van der Waals surface area contributed by atoms with Crippen LogP contribution in [0.5, 0.6) is 0 Å². The fraction of sp³-hybridized carbons (Fsp3) is 0.760. The van der Waals surface area contributed by atoms with Gasteiger partial charge in [-0.25, -0.2) is 0 Å². The lowest BCUT2D eigenvalue weighted by Gasteiger charge is -2.30. The molecule has 5 nitrogen and oxygen atoms in total. The third-order valence-corrected chi connectivity index (χ3v) is 6.44. The molecule has 2 rings (SSSR count). The predicted octanol–water partition coefficient (Wildman–Crippen LogP) is 5.04. The minimum Gasteiger partial charge on any atom is -0.469 e. The van der Waals surface area contributed by atoms with Crippen LogP contribution in [-0.2, 0) is 23.8 Å². The van der Waals surface area contributed by atoms with Gasteiger partial charge in [-0.2, -0.15) is 0 Å². The zero-order valence-corrected chi connectivity index (χ0v) is 19.2. The van der Waals surface area contributed by atoms with Gasteiger partial charge in [0.25, 0.3) is 0 Å². The van der Waals surface area contributed by atoms with Crippen LogP contribution in [0, 0.1) is 17.3 Å². The second kappa shape index (κ2) is 12.4. The number of carbonyl (C=O) groups is 2. The van der Waals surface area contributed by atoms with Crippen LogP contribution in [0.2, 0.25) is 0 Å². The van der Waals surface area contributed by atoms with Crippen LogP contribution in [0.25, 0.3) is 0 Å². The minimum absolute atomic E-state index is 0.0938. The molecule has 0 aromatic rings.